The molecule has 4 amide bonds. The zero-order valence-electron chi connectivity index (χ0n) is 17.9. The first-order valence-electron chi connectivity index (χ1n) is 10.3. The van der Waals surface area contributed by atoms with Crippen LogP contribution >= 0.6 is 0 Å². The van der Waals surface area contributed by atoms with E-state index in [4.69, 9.17) is 0 Å². The summed E-state index contributed by atoms with van der Waals surface area (Å²) in [5.41, 5.74) is 4.12. The van der Waals surface area contributed by atoms with Gasteiger partial charge in [-0.2, -0.15) is 0 Å². The van der Waals surface area contributed by atoms with Crippen molar-refractivity contribution in [3.63, 3.8) is 0 Å². The van der Waals surface area contributed by atoms with Gasteiger partial charge in [0, 0.05) is 32.2 Å². The van der Waals surface area contributed by atoms with Crippen LogP contribution in [0.5, 0.6) is 0 Å². The van der Waals surface area contributed by atoms with E-state index in [1.54, 1.807) is 18.7 Å². The highest BCUT2D eigenvalue weighted by Crippen LogP contribution is 2.31. The smallest absolute Gasteiger partial charge is 0.327 e. The molecule has 6 heteroatoms. The molecular weight excluding hydrogens is 378 g/mol. The van der Waals surface area contributed by atoms with Crippen molar-refractivity contribution in [3.05, 3.63) is 59.2 Å². The fraction of sp³-hybridized carbons (Fsp3) is 0.375. The molecule has 0 spiro atoms. The summed E-state index contributed by atoms with van der Waals surface area (Å²) in [4.78, 5) is 41.8. The molecule has 156 valence electrons. The zero-order chi connectivity index (χ0) is 21.6. The Hall–Kier alpha value is -3.15. The number of carbonyl (C=O) groups excluding carboxylic acids is 3. The molecule has 4 rings (SSSR count). The molecule has 1 saturated heterocycles. The highest BCUT2D eigenvalue weighted by Gasteiger charge is 2.49. The molecular formula is C24H27N3O3. The molecule has 1 fully saturated rings. The lowest BCUT2D eigenvalue weighted by Gasteiger charge is -2.27. The third-order valence-corrected chi connectivity index (χ3v) is 6.13. The number of hydrogen-bond donors (Lipinski definition) is 0. The lowest BCUT2D eigenvalue weighted by Crippen LogP contribution is -2.43. The van der Waals surface area contributed by atoms with E-state index < -0.39 is 5.54 Å². The Bertz CT molecular complexity index is 1030. The summed E-state index contributed by atoms with van der Waals surface area (Å²) in [5, 5.41) is 0. The van der Waals surface area contributed by atoms with Crippen molar-refractivity contribution in [2.24, 2.45) is 0 Å². The maximum absolute atomic E-state index is 12.4. The lowest BCUT2D eigenvalue weighted by molar-refractivity contribution is -0.131. The van der Waals surface area contributed by atoms with Crippen LogP contribution in [0.3, 0.4) is 0 Å². The number of nitrogens with zero attached hydrogens (tertiary/aromatic N) is 3. The van der Waals surface area contributed by atoms with Gasteiger partial charge in [0.1, 0.15) is 5.54 Å². The van der Waals surface area contributed by atoms with Crippen LogP contribution in [-0.2, 0) is 17.9 Å². The van der Waals surface area contributed by atoms with Gasteiger partial charge in [-0.25, -0.2) is 4.79 Å². The molecule has 0 aliphatic carbocycles. The Morgan fingerprint density at radius 2 is 1.63 bits per heavy atom. The van der Waals surface area contributed by atoms with Crippen molar-refractivity contribution >= 4 is 17.8 Å². The number of fused-ring (bicyclic) bond motifs is 1. The van der Waals surface area contributed by atoms with Crippen LogP contribution in [-0.4, -0.2) is 51.7 Å². The van der Waals surface area contributed by atoms with Gasteiger partial charge in [0.2, 0.25) is 0 Å². The molecule has 0 radical (unpaired) electrons. The highest BCUT2D eigenvalue weighted by atomic mass is 16.2. The van der Waals surface area contributed by atoms with E-state index in [1.165, 1.54) is 11.9 Å². The topological polar surface area (TPSA) is 60.9 Å². The van der Waals surface area contributed by atoms with E-state index in [-0.39, 0.29) is 17.8 Å². The Balaban J connectivity index is 1.53. The highest BCUT2D eigenvalue weighted by molar-refractivity contribution is 6.06. The number of urea groups is 1. The average molecular weight is 405 g/mol. The van der Waals surface area contributed by atoms with Gasteiger partial charge in [0.25, 0.3) is 11.8 Å². The molecule has 2 heterocycles. The van der Waals surface area contributed by atoms with Crippen LogP contribution in [0.25, 0.3) is 11.1 Å². The van der Waals surface area contributed by atoms with E-state index in [9.17, 15) is 14.4 Å². The third-order valence-electron chi connectivity index (χ3n) is 6.13. The number of carbonyl (C=O) groups is 3. The Labute approximate surface area is 177 Å². The molecule has 30 heavy (non-hydrogen) atoms. The molecule has 6 nitrogen and oxygen atoms in total. The van der Waals surface area contributed by atoms with Crippen molar-refractivity contribution in [1.82, 2.24) is 14.7 Å². The molecule has 0 atom stereocenters. The van der Waals surface area contributed by atoms with Crippen LogP contribution in [0.1, 0.15) is 48.7 Å². The van der Waals surface area contributed by atoms with Gasteiger partial charge in [-0.15, -0.1) is 0 Å². The van der Waals surface area contributed by atoms with Gasteiger partial charge in [0.15, 0.2) is 0 Å². The average Bonchev–Trinajstić information content (AvgIpc) is 3.11. The predicted molar refractivity (Wildman–Crippen MR) is 115 cm³/mol. The van der Waals surface area contributed by atoms with Crippen LogP contribution in [0.2, 0.25) is 0 Å². The van der Waals surface area contributed by atoms with E-state index >= 15 is 0 Å². The van der Waals surface area contributed by atoms with Crippen molar-refractivity contribution in [3.8, 4) is 11.1 Å². The molecule has 2 aromatic rings. The molecule has 0 aromatic heterocycles. The van der Waals surface area contributed by atoms with Gasteiger partial charge in [0.05, 0.1) is 0 Å². The van der Waals surface area contributed by atoms with E-state index in [0.717, 1.165) is 40.8 Å². The van der Waals surface area contributed by atoms with E-state index in [1.807, 2.05) is 41.3 Å². The molecule has 2 aliphatic rings. The second-order valence-electron chi connectivity index (χ2n) is 8.59. The minimum atomic E-state index is -0.846. The second kappa shape index (κ2) is 7.27. The van der Waals surface area contributed by atoms with Crippen LogP contribution in [0.4, 0.5) is 4.79 Å². The molecule has 0 N–H and O–H groups in total. The summed E-state index contributed by atoms with van der Waals surface area (Å²) in [5.74, 6) is -0.0694. The van der Waals surface area contributed by atoms with E-state index in [0.29, 0.717) is 13.1 Å². The van der Waals surface area contributed by atoms with Crippen LogP contribution < -0.4 is 0 Å². The molecule has 0 saturated carbocycles. The molecule has 0 unspecified atom stereocenters. The van der Waals surface area contributed by atoms with Crippen LogP contribution in [0.15, 0.2) is 42.5 Å². The van der Waals surface area contributed by atoms with Gasteiger partial charge >= 0.3 is 6.03 Å². The largest absolute Gasteiger partial charge is 0.334 e. The van der Waals surface area contributed by atoms with E-state index in [2.05, 4.69) is 13.0 Å². The Morgan fingerprint density at radius 3 is 2.23 bits per heavy atom. The maximum Gasteiger partial charge on any atom is 0.327 e. The first kappa shape index (κ1) is 20.1. The number of amides is 4. The third kappa shape index (κ3) is 3.16. The molecule has 0 bridgehead atoms. The number of benzene rings is 2. The standard InChI is InChI=1S/C24H27N3O3/c1-5-12-26-15-19-13-18(10-11-20(19)21(26)28)17-8-6-16(7-9-17)14-27-23(30)25(4)22(29)24(27,2)3/h6-11,13H,5,12,14-15H2,1-4H3. The monoisotopic (exact) mass is 405 g/mol. The van der Waals surface area contributed by atoms with Crippen molar-refractivity contribution in [1.29, 1.82) is 0 Å². The van der Waals surface area contributed by atoms with Gasteiger partial charge in [-0.1, -0.05) is 37.3 Å². The summed E-state index contributed by atoms with van der Waals surface area (Å²) in [6.45, 7) is 7.46. The van der Waals surface area contributed by atoms with Crippen LogP contribution in [0, 0.1) is 0 Å². The zero-order valence-corrected chi connectivity index (χ0v) is 17.9. The van der Waals surface area contributed by atoms with Crippen molar-refractivity contribution < 1.29 is 14.4 Å². The fourth-order valence-corrected chi connectivity index (χ4v) is 4.29. The normalized spacial score (nSPS) is 17.9. The number of imide groups is 1. The van der Waals surface area contributed by atoms with Crippen molar-refractivity contribution in [2.75, 3.05) is 13.6 Å². The van der Waals surface area contributed by atoms with Gasteiger partial charge < -0.3 is 9.80 Å². The first-order chi connectivity index (χ1) is 14.2. The Morgan fingerprint density at radius 1 is 0.967 bits per heavy atom. The minimum Gasteiger partial charge on any atom is -0.334 e. The quantitative estimate of drug-likeness (QED) is 0.709. The Kier molecular flexibility index (Phi) is 4.88. The second-order valence-corrected chi connectivity index (χ2v) is 8.59. The predicted octanol–water partition coefficient (Wildman–Crippen LogP) is 3.89. The number of likely N-dealkylation sites (N-methyl/N-ethyl adjacent to an activating group) is 1. The number of hydrogen-bond acceptors (Lipinski definition) is 3. The molecule has 2 aliphatic heterocycles. The summed E-state index contributed by atoms with van der Waals surface area (Å²) in [6.07, 6.45) is 0.950. The summed E-state index contributed by atoms with van der Waals surface area (Å²) < 4.78 is 0. The fourth-order valence-electron chi connectivity index (χ4n) is 4.29. The minimum absolute atomic E-state index is 0.117. The molecule has 2 aromatic carbocycles. The maximum atomic E-state index is 12.4. The number of rotatable bonds is 5. The van der Waals surface area contributed by atoms with Crippen molar-refractivity contribution in [2.45, 2.75) is 45.8 Å². The lowest BCUT2D eigenvalue weighted by atomic mass is 9.99. The van der Waals surface area contributed by atoms with Gasteiger partial charge in [-0.05, 0) is 54.7 Å². The SMILES string of the molecule is CCCN1Cc2cc(-c3ccc(CN4C(=O)N(C)C(=O)C4(C)C)cc3)ccc2C1=O. The van der Waals surface area contributed by atoms with Gasteiger partial charge in [-0.3, -0.25) is 14.5 Å². The summed E-state index contributed by atoms with van der Waals surface area (Å²) >= 11 is 0. The first-order valence-corrected chi connectivity index (χ1v) is 10.3. The summed E-state index contributed by atoms with van der Waals surface area (Å²) in [6, 6.07) is 13.8. The summed E-state index contributed by atoms with van der Waals surface area (Å²) in [7, 11) is 1.52.